The van der Waals surface area contributed by atoms with Gasteiger partial charge in [0, 0.05) is 0 Å². The van der Waals surface area contributed by atoms with Crippen LogP contribution in [0.3, 0.4) is 0 Å². The zero-order valence-electron chi connectivity index (χ0n) is 11.8. The number of fused-ring (bicyclic) bond motifs is 1. The Morgan fingerprint density at radius 1 is 1.38 bits per heavy atom. The fourth-order valence-electron chi connectivity index (χ4n) is 1.80. The summed E-state index contributed by atoms with van der Waals surface area (Å²) in [6.07, 6.45) is -0.652. The highest BCUT2D eigenvalue weighted by Gasteiger charge is 2.21. The molecule has 0 radical (unpaired) electrons. The Kier molecular flexibility index (Phi) is 4.22. The van der Waals surface area contributed by atoms with E-state index < -0.39 is 24.6 Å². The summed E-state index contributed by atoms with van der Waals surface area (Å²) in [7, 11) is -1.71. The third-order valence-corrected chi connectivity index (χ3v) is 3.63. The van der Waals surface area contributed by atoms with Crippen LogP contribution in [0.5, 0.6) is 0 Å². The minimum absolute atomic E-state index is 0.180. The lowest BCUT2D eigenvalue weighted by atomic mass is 9.78. The molecule has 5 nitrogen and oxygen atoms in total. The van der Waals surface area contributed by atoms with Gasteiger partial charge in [-0.05, 0) is 43.8 Å². The number of anilines is 1. The molecule has 0 bridgehead atoms. The second kappa shape index (κ2) is 5.63. The first-order valence-electron chi connectivity index (χ1n) is 6.25. The maximum absolute atomic E-state index is 13.8. The van der Waals surface area contributed by atoms with Gasteiger partial charge in [0.15, 0.2) is 0 Å². The lowest BCUT2D eigenvalue weighted by Gasteiger charge is -2.19. The van der Waals surface area contributed by atoms with E-state index in [2.05, 4.69) is 5.32 Å². The minimum atomic E-state index is -1.71. The lowest BCUT2D eigenvalue weighted by Crippen LogP contribution is -2.30. The van der Waals surface area contributed by atoms with Gasteiger partial charge in [-0.2, -0.15) is 0 Å². The molecule has 0 saturated carbocycles. The third kappa shape index (κ3) is 3.72. The summed E-state index contributed by atoms with van der Waals surface area (Å²) in [6, 6.07) is 3.94. The number of hydrogen-bond donors (Lipinski definition) is 3. The normalized spacial score (nSPS) is 11.5. The molecule has 0 aliphatic carbocycles. The number of amides is 1. The monoisotopic (exact) mass is 311 g/mol. The van der Waals surface area contributed by atoms with Crippen LogP contribution in [0.25, 0.3) is 10.1 Å². The molecular weight excluding hydrogens is 296 g/mol. The highest BCUT2D eigenvalue weighted by Crippen LogP contribution is 2.31. The van der Waals surface area contributed by atoms with Crippen molar-refractivity contribution in [3.63, 3.8) is 0 Å². The van der Waals surface area contributed by atoms with E-state index >= 15 is 0 Å². The summed E-state index contributed by atoms with van der Waals surface area (Å²) in [5.74, 6) is -0.489. The van der Waals surface area contributed by atoms with E-state index in [4.69, 9.17) is 4.74 Å². The van der Waals surface area contributed by atoms with Crippen molar-refractivity contribution in [2.75, 3.05) is 5.32 Å². The summed E-state index contributed by atoms with van der Waals surface area (Å²) in [6.45, 7) is 5.20. The number of carbonyl (C=O) groups excluding carboxylic acids is 1. The summed E-state index contributed by atoms with van der Waals surface area (Å²) in [4.78, 5) is 11.7. The molecule has 0 unspecified atom stereocenters. The minimum Gasteiger partial charge on any atom is -0.444 e. The van der Waals surface area contributed by atoms with Crippen LogP contribution < -0.4 is 10.8 Å². The fourth-order valence-corrected chi connectivity index (χ4v) is 2.79. The maximum Gasteiger partial charge on any atom is 0.489 e. The topological polar surface area (TPSA) is 78.8 Å². The second-order valence-electron chi connectivity index (χ2n) is 5.49. The largest absolute Gasteiger partial charge is 0.489 e. The van der Waals surface area contributed by atoms with Crippen LogP contribution >= 0.6 is 11.3 Å². The zero-order chi connectivity index (χ0) is 15.8. The Morgan fingerprint density at radius 3 is 2.62 bits per heavy atom. The first kappa shape index (κ1) is 15.7. The van der Waals surface area contributed by atoms with Crippen molar-refractivity contribution >= 4 is 45.1 Å². The molecule has 8 heteroatoms. The second-order valence-corrected chi connectivity index (χ2v) is 6.54. The summed E-state index contributed by atoms with van der Waals surface area (Å²) in [5.41, 5.74) is -0.460. The Labute approximate surface area is 125 Å². The van der Waals surface area contributed by atoms with Crippen LogP contribution in [0.15, 0.2) is 18.2 Å². The summed E-state index contributed by atoms with van der Waals surface area (Å²) < 4.78 is 19.1. The first-order valence-corrected chi connectivity index (χ1v) is 7.07. The number of ether oxygens (including phenoxy) is 1. The van der Waals surface area contributed by atoms with E-state index in [-0.39, 0.29) is 10.2 Å². The van der Waals surface area contributed by atoms with Crippen molar-refractivity contribution in [3.8, 4) is 0 Å². The Hall–Kier alpha value is -1.64. The van der Waals surface area contributed by atoms with Gasteiger partial charge in [-0.1, -0.05) is 6.07 Å². The van der Waals surface area contributed by atoms with E-state index in [1.165, 1.54) is 12.1 Å². The van der Waals surface area contributed by atoms with Gasteiger partial charge >= 0.3 is 13.2 Å². The average molecular weight is 311 g/mol. The van der Waals surface area contributed by atoms with Crippen LogP contribution in [-0.2, 0) is 4.74 Å². The lowest BCUT2D eigenvalue weighted by molar-refractivity contribution is 0.0636. The highest BCUT2D eigenvalue weighted by atomic mass is 32.1. The van der Waals surface area contributed by atoms with Crippen LogP contribution in [0.2, 0.25) is 0 Å². The fraction of sp³-hybridized carbons (Fsp3) is 0.308. The molecule has 1 aromatic heterocycles. The molecule has 0 atom stereocenters. The van der Waals surface area contributed by atoms with E-state index in [1.54, 1.807) is 20.8 Å². The molecule has 0 aliphatic rings. The molecule has 0 spiro atoms. The molecule has 2 rings (SSSR count). The Morgan fingerprint density at radius 2 is 2.05 bits per heavy atom. The van der Waals surface area contributed by atoms with Crippen molar-refractivity contribution in [2.24, 2.45) is 0 Å². The SMILES string of the molecule is CC(C)(C)OC(=O)Nc1cc2c(B(O)O)ccc(F)c2s1. The summed E-state index contributed by atoms with van der Waals surface area (Å²) >= 11 is 1.00. The van der Waals surface area contributed by atoms with Gasteiger partial charge in [-0.3, -0.25) is 5.32 Å². The van der Waals surface area contributed by atoms with Gasteiger partial charge in [0.25, 0.3) is 0 Å². The molecule has 1 amide bonds. The van der Waals surface area contributed by atoms with Crippen molar-refractivity contribution < 1.29 is 24.0 Å². The number of hydrogen-bond acceptors (Lipinski definition) is 5. The molecule has 3 N–H and O–H groups in total. The van der Waals surface area contributed by atoms with Gasteiger partial charge in [-0.15, -0.1) is 11.3 Å². The van der Waals surface area contributed by atoms with Crippen LogP contribution in [0.1, 0.15) is 20.8 Å². The quantitative estimate of drug-likeness (QED) is 0.742. The standard InChI is InChI=1S/C13H15BFNO4S/c1-13(2,3)20-12(17)16-10-6-7-8(14(18)19)4-5-9(15)11(7)21-10/h4-6,18-19H,1-3H3,(H,16,17). The predicted molar refractivity (Wildman–Crippen MR) is 81.5 cm³/mol. The van der Waals surface area contributed by atoms with Crippen molar-refractivity contribution in [1.82, 2.24) is 0 Å². The predicted octanol–water partition coefficient (Wildman–Crippen LogP) is 2.07. The van der Waals surface area contributed by atoms with Gasteiger partial charge < -0.3 is 14.8 Å². The molecule has 0 aliphatic heterocycles. The van der Waals surface area contributed by atoms with E-state index in [1.807, 2.05) is 0 Å². The number of nitrogens with one attached hydrogen (secondary N) is 1. The molecular formula is C13H15BFNO4S. The van der Waals surface area contributed by atoms with Crippen LogP contribution in [0, 0.1) is 5.82 Å². The third-order valence-electron chi connectivity index (χ3n) is 2.57. The van der Waals surface area contributed by atoms with Crippen molar-refractivity contribution in [3.05, 3.63) is 24.0 Å². The van der Waals surface area contributed by atoms with Gasteiger partial charge in [0.05, 0.1) is 9.70 Å². The molecule has 0 fully saturated rings. The molecule has 1 heterocycles. The first-order chi connectivity index (χ1) is 9.67. The molecule has 2 aromatic rings. The molecule has 0 saturated heterocycles. The van der Waals surface area contributed by atoms with Gasteiger partial charge in [0.1, 0.15) is 11.4 Å². The number of thiophene rings is 1. The van der Waals surface area contributed by atoms with Crippen LogP contribution in [0.4, 0.5) is 14.2 Å². The van der Waals surface area contributed by atoms with E-state index in [0.29, 0.717) is 10.4 Å². The number of carbonyl (C=O) groups is 1. The van der Waals surface area contributed by atoms with Crippen LogP contribution in [-0.4, -0.2) is 28.9 Å². The number of halogens is 1. The smallest absolute Gasteiger partial charge is 0.444 e. The number of rotatable bonds is 2. The number of benzene rings is 1. The molecule has 112 valence electrons. The van der Waals surface area contributed by atoms with Gasteiger partial charge in [-0.25, -0.2) is 9.18 Å². The van der Waals surface area contributed by atoms with Crippen molar-refractivity contribution in [1.29, 1.82) is 0 Å². The highest BCUT2D eigenvalue weighted by molar-refractivity contribution is 7.23. The Bertz CT molecular complexity index is 681. The Balaban J connectivity index is 2.33. The zero-order valence-corrected chi connectivity index (χ0v) is 12.6. The van der Waals surface area contributed by atoms with Gasteiger partial charge in [0.2, 0.25) is 0 Å². The maximum atomic E-state index is 13.8. The molecule has 21 heavy (non-hydrogen) atoms. The van der Waals surface area contributed by atoms with E-state index in [9.17, 15) is 19.2 Å². The average Bonchev–Trinajstić information content (AvgIpc) is 2.70. The van der Waals surface area contributed by atoms with Crippen molar-refractivity contribution in [2.45, 2.75) is 26.4 Å². The summed E-state index contributed by atoms with van der Waals surface area (Å²) in [5, 5.41) is 21.8. The van der Waals surface area contributed by atoms with E-state index in [0.717, 1.165) is 17.4 Å². The molecule has 1 aromatic carbocycles.